The molecule has 0 radical (unpaired) electrons. The van der Waals surface area contributed by atoms with Gasteiger partial charge in [-0.2, -0.15) is 0 Å². The third-order valence-electron chi connectivity index (χ3n) is 2.24. The van der Waals surface area contributed by atoms with Crippen molar-refractivity contribution in [1.82, 2.24) is 24.7 Å². The van der Waals surface area contributed by atoms with Crippen LogP contribution in [0.5, 0.6) is 0 Å². The minimum atomic E-state index is -0.241. The molecule has 0 fully saturated rings. The Balaban J connectivity index is 2.34. The first-order valence-corrected chi connectivity index (χ1v) is 6.92. The van der Waals surface area contributed by atoms with Crippen LogP contribution in [0.25, 0.3) is 0 Å². The van der Waals surface area contributed by atoms with E-state index in [-0.39, 0.29) is 11.6 Å². The first kappa shape index (κ1) is 13.3. The van der Waals surface area contributed by atoms with Crippen molar-refractivity contribution in [3.8, 4) is 0 Å². The van der Waals surface area contributed by atoms with Gasteiger partial charge in [-0.25, -0.2) is 19.9 Å². The first-order valence-electron chi connectivity index (χ1n) is 5.31. The van der Waals surface area contributed by atoms with Crippen LogP contribution in [0.15, 0.2) is 25.6 Å². The Morgan fingerprint density at radius 2 is 2.17 bits per heavy atom. The maximum Gasteiger partial charge on any atom is 0.343 e. The van der Waals surface area contributed by atoms with Gasteiger partial charge in [0.15, 0.2) is 5.16 Å². The molecule has 0 aliphatic rings. The summed E-state index contributed by atoms with van der Waals surface area (Å²) in [5.74, 6) is 0.997. The Hall–Kier alpha value is -1.15. The van der Waals surface area contributed by atoms with Crippen LogP contribution in [0.2, 0.25) is 0 Å². The predicted molar refractivity (Wildman–Crippen MR) is 71.8 cm³/mol. The van der Waals surface area contributed by atoms with Crippen molar-refractivity contribution in [1.29, 1.82) is 0 Å². The van der Waals surface area contributed by atoms with Gasteiger partial charge in [-0.15, -0.1) is 5.10 Å². The monoisotopic (exact) mass is 329 g/mol. The second-order valence-electron chi connectivity index (χ2n) is 4.01. The van der Waals surface area contributed by atoms with E-state index in [9.17, 15) is 4.79 Å². The van der Waals surface area contributed by atoms with Crippen molar-refractivity contribution in [2.24, 2.45) is 7.05 Å². The molecule has 2 heterocycles. The largest absolute Gasteiger partial charge is 0.343 e. The van der Waals surface area contributed by atoms with Crippen molar-refractivity contribution >= 4 is 27.7 Å². The molecule has 0 aliphatic carbocycles. The van der Waals surface area contributed by atoms with Gasteiger partial charge in [-0.3, -0.25) is 4.57 Å². The highest BCUT2D eigenvalue weighted by atomic mass is 79.9. The smallest absolute Gasteiger partial charge is 0.273 e. The lowest BCUT2D eigenvalue weighted by Gasteiger charge is -2.06. The molecule has 0 spiro atoms. The zero-order chi connectivity index (χ0) is 13.3. The molecule has 0 saturated carbocycles. The number of hydrogen-bond acceptors (Lipinski definition) is 5. The van der Waals surface area contributed by atoms with Crippen LogP contribution in [0.4, 0.5) is 0 Å². The molecule has 0 atom stereocenters. The fourth-order valence-electron chi connectivity index (χ4n) is 1.24. The van der Waals surface area contributed by atoms with E-state index in [1.807, 2.05) is 13.8 Å². The van der Waals surface area contributed by atoms with Gasteiger partial charge in [0.05, 0.1) is 0 Å². The molecule has 8 heteroatoms. The van der Waals surface area contributed by atoms with E-state index in [2.05, 4.69) is 36.1 Å². The Bertz CT molecular complexity index is 621. The Morgan fingerprint density at radius 3 is 2.72 bits per heavy atom. The number of nitrogens with zero attached hydrogens (tertiary/aromatic N) is 4. The molecule has 1 N–H and O–H groups in total. The van der Waals surface area contributed by atoms with Crippen molar-refractivity contribution in [2.75, 3.05) is 0 Å². The average Bonchev–Trinajstić information content (AvgIpc) is 2.60. The molecule has 2 rings (SSSR count). The van der Waals surface area contributed by atoms with Crippen LogP contribution < -0.4 is 5.69 Å². The van der Waals surface area contributed by atoms with Gasteiger partial charge >= 0.3 is 5.69 Å². The molecule has 6 nitrogen and oxygen atoms in total. The lowest BCUT2D eigenvalue weighted by Crippen LogP contribution is -2.12. The highest BCUT2D eigenvalue weighted by Crippen LogP contribution is 2.26. The van der Waals surface area contributed by atoms with Crippen molar-refractivity contribution in [3.05, 3.63) is 27.0 Å². The summed E-state index contributed by atoms with van der Waals surface area (Å²) >= 11 is 4.68. The maximum absolute atomic E-state index is 11.3. The Kier molecular flexibility index (Phi) is 3.86. The molecule has 18 heavy (non-hydrogen) atoms. The summed E-state index contributed by atoms with van der Waals surface area (Å²) in [4.78, 5) is 20.0. The second kappa shape index (κ2) is 5.23. The second-order valence-corrected chi connectivity index (χ2v) is 5.81. The van der Waals surface area contributed by atoms with Crippen molar-refractivity contribution in [2.45, 2.75) is 29.9 Å². The van der Waals surface area contributed by atoms with Crippen LogP contribution in [-0.2, 0) is 7.05 Å². The van der Waals surface area contributed by atoms with Crippen LogP contribution in [-0.4, -0.2) is 24.7 Å². The quantitative estimate of drug-likeness (QED) is 0.871. The average molecular weight is 330 g/mol. The summed E-state index contributed by atoms with van der Waals surface area (Å²) in [5, 5.41) is 7.64. The Morgan fingerprint density at radius 1 is 1.44 bits per heavy atom. The minimum absolute atomic E-state index is 0.241. The van der Waals surface area contributed by atoms with Crippen LogP contribution >= 0.6 is 27.7 Å². The molecule has 0 amide bonds. The van der Waals surface area contributed by atoms with E-state index < -0.39 is 0 Å². The van der Waals surface area contributed by atoms with Gasteiger partial charge < -0.3 is 0 Å². The van der Waals surface area contributed by atoms with Gasteiger partial charge in [0.2, 0.25) is 0 Å². The fraction of sp³-hybridized carbons (Fsp3) is 0.400. The minimum Gasteiger partial charge on any atom is -0.273 e. The number of nitrogens with one attached hydrogen (secondary N) is 1. The Labute approximate surface area is 116 Å². The normalized spacial score (nSPS) is 11.2. The summed E-state index contributed by atoms with van der Waals surface area (Å²) in [6.07, 6.45) is 0. The van der Waals surface area contributed by atoms with Gasteiger partial charge in [0.1, 0.15) is 15.5 Å². The molecular weight excluding hydrogens is 318 g/mol. The standard InChI is InChI=1S/C10H12BrN5OS/c1-5(2)8-12-6(11)4-7(13-8)18-10-15-14-9(17)16(10)3/h4-5H,1-3H3,(H,14,17). The van der Waals surface area contributed by atoms with Gasteiger partial charge in [0, 0.05) is 19.0 Å². The summed E-state index contributed by atoms with van der Waals surface area (Å²) in [6, 6.07) is 1.80. The SMILES string of the molecule is CC(C)c1nc(Br)cc(Sc2n[nH]c(=O)n2C)n1. The number of hydrogen-bond donors (Lipinski definition) is 1. The van der Waals surface area contributed by atoms with E-state index >= 15 is 0 Å². The number of rotatable bonds is 3. The summed E-state index contributed by atoms with van der Waals surface area (Å²) in [5.41, 5.74) is -0.241. The van der Waals surface area contributed by atoms with E-state index in [0.29, 0.717) is 5.16 Å². The van der Waals surface area contributed by atoms with E-state index in [1.54, 1.807) is 13.1 Å². The lowest BCUT2D eigenvalue weighted by molar-refractivity contribution is 0.741. The van der Waals surface area contributed by atoms with Gasteiger partial charge in [0.25, 0.3) is 0 Å². The van der Waals surface area contributed by atoms with E-state index in [1.165, 1.54) is 16.3 Å². The highest BCUT2D eigenvalue weighted by Gasteiger charge is 2.11. The van der Waals surface area contributed by atoms with Gasteiger partial charge in [-0.05, 0) is 27.7 Å². The predicted octanol–water partition coefficient (Wildman–Crippen LogP) is 1.94. The first-order chi connectivity index (χ1) is 8.47. The third kappa shape index (κ3) is 2.81. The van der Waals surface area contributed by atoms with Crippen LogP contribution in [0, 0.1) is 0 Å². The summed E-state index contributed by atoms with van der Waals surface area (Å²) in [7, 11) is 1.66. The molecule has 2 aromatic rings. The highest BCUT2D eigenvalue weighted by molar-refractivity contribution is 9.10. The summed E-state index contributed by atoms with van der Waals surface area (Å²) in [6.45, 7) is 4.06. The molecule has 0 saturated heterocycles. The molecule has 0 aliphatic heterocycles. The number of H-pyrrole nitrogens is 1. The molecule has 2 aromatic heterocycles. The molecule has 0 unspecified atom stereocenters. The molecule has 0 bridgehead atoms. The van der Waals surface area contributed by atoms with Crippen LogP contribution in [0.3, 0.4) is 0 Å². The van der Waals surface area contributed by atoms with Gasteiger partial charge in [-0.1, -0.05) is 13.8 Å². The zero-order valence-corrected chi connectivity index (χ0v) is 12.5. The zero-order valence-electron chi connectivity index (χ0n) is 10.1. The molecule has 96 valence electrons. The number of aromatic nitrogens is 5. The van der Waals surface area contributed by atoms with Crippen molar-refractivity contribution < 1.29 is 0 Å². The molecular formula is C10H12BrN5OS. The van der Waals surface area contributed by atoms with Crippen molar-refractivity contribution in [3.63, 3.8) is 0 Å². The topological polar surface area (TPSA) is 76.5 Å². The molecule has 0 aromatic carbocycles. The number of aromatic amines is 1. The van der Waals surface area contributed by atoms with E-state index in [0.717, 1.165) is 15.5 Å². The third-order valence-corrected chi connectivity index (χ3v) is 3.61. The fourth-order valence-corrected chi connectivity index (χ4v) is 2.60. The lowest BCUT2D eigenvalue weighted by atomic mass is 10.2. The van der Waals surface area contributed by atoms with E-state index in [4.69, 9.17) is 0 Å². The van der Waals surface area contributed by atoms with Crippen LogP contribution in [0.1, 0.15) is 25.6 Å². The maximum atomic E-state index is 11.3. The summed E-state index contributed by atoms with van der Waals surface area (Å²) < 4.78 is 2.17. The number of halogens is 1.